The van der Waals surface area contributed by atoms with Gasteiger partial charge in [0.25, 0.3) is 0 Å². The van der Waals surface area contributed by atoms with Crippen molar-refractivity contribution >= 4 is 11.9 Å². The number of nitrogens with zero attached hydrogens (tertiary/aromatic N) is 1. The molecule has 2 rings (SSSR count). The molecule has 0 aromatic rings. The lowest BCUT2D eigenvalue weighted by molar-refractivity contribution is -0.133. The van der Waals surface area contributed by atoms with Gasteiger partial charge < -0.3 is 5.32 Å². The van der Waals surface area contributed by atoms with Crippen molar-refractivity contribution in [2.24, 2.45) is 0 Å². The first-order valence-electron chi connectivity index (χ1n) is 6.18. The average Bonchev–Trinajstić information content (AvgIpc) is 2.16. The Kier molecular flexibility index (Phi) is 2.91. The minimum Gasteiger partial charge on any atom is -0.332 e. The molecule has 0 aromatic carbocycles. The second-order valence-electron chi connectivity index (χ2n) is 5.31. The fourth-order valence-corrected chi connectivity index (χ4v) is 2.87. The summed E-state index contributed by atoms with van der Waals surface area (Å²) in [6.45, 7) is 3.74. The summed E-state index contributed by atoms with van der Waals surface area (Å²) >= 11 is 0. The standard InChI is InChI=1S/C12H20N2O2/c1-9(2)14-10(15)8-12(13-11(14)16)6-4-3-5-7-12/h9H,3-8H2,1-2H3,(H,13,16). The Morgan fingerprint density at radius 1 is 1.19 bits per heavy atom. The van der Waals surface area contributed by atoms with E-state index in [1.807, 2.05) is 13.8 Å². The minimum absolute atomic E-state index is 0.0133. The molecule has 0 unspecified atom stereocenters. The maximum atomic E-state index is 12.0. The quantitative estimate of drug-likeness (QED) is 0.741. The molecule has 3 amide bonds. The first-order valence-corrected chi connectivity index (χ1v) is 6.18. The van der Waals surface area contributed by atoms with E-state index in [1.165, 1.54) is 11.3 Å². The molecule has 4 nitrogen and oxygen atoms in total. The van der Waals surface area contributed by atoms with Gasteiger partial charge in [-0.3, -0.25) is 9.69 Å². The molecule has 1 spiro atoms. The topological polar surface area (TPSA) is 49.4 Å². The highest BCUT2D eigenvalue weighted by Gasteiger charge is 2.44. The molecule has 2 fully saturated rings. The fourth-order valence-electron chi connectivity index (χ4n) is 2.87. The maximum Gasteiger partial charge on any atom is 0.324 e. The van der Waals surface area contributed by atoms with E-state index in [-0.39, 0.29) is 23.5 Å². The fraction of sp³-hybridized carbons (Fsp3) is 0.833. The Morgan fingerprint density at radius 2 is 1.81 bits per heavy atom. The van der Waals surface area contributed by atoms with Crippen LogP contribution in [0, 0.1) is 0 Å². The number of amides is 3. The number of imide groups is 1. The van der Waals surface area contributed by atoms with Crippen molar-refractivity contribution in [3.05, 3.63) is 0 Å². The molecular formula is C12H20N2O2. The summed E-state index contributed by atoms with van der Waals surface area (Å²) in [6, 6.07) is -0.249. The van der Waals surface area contributed by atoms with E-state index in [0.29, 0.717) is 6.42 Å². The Morgan fingerprint density at radius 3 is 2.31 bits per heavy atom. The van der Waals surface area contributed by atoms with E-state index in [4.69, 9.17) is 0 Å². The van der Waals surface area contributed by atoms with Crippen molar-refractivity contribution in [3.8, 4) is 0 Å². The summed E-state index contributed by atoms with van der Waals surface area (Å²) in [6.07, 6.45) is 5.86. The van der Waals surface area contributed by atoms with Crippen LogP contribution in [-0.4, -0.2) is 28.4 Å². The van der Waals surface area contributed by atoms with Crippen LogP contribution in [0.4, 0.5) is 4.79 Å². The lowest BCUT2D eigenvalue weighted by Crippen LogP contribution is -2.63. The predicted molar refractivity (Wildman–Crippen MR) is 60.9 cm³/mol. The van der Waals surface area contributed by atoms with Crippen LogP contribution in [0.5, 0.6) is 0 Å². The molecule has 1 saturated heterocycles. The Balaban J connectivity index is 2.13. The highest BCUT2D eigenvalue weighted by Crippen LogP contribution is 2.34. The summed E-state index contributed by atoms with van der Waals surface area (Å²) in [5.41, 5.74) is -0.224. The van der Waals surface area contributed by atoms with E-state index in [2.05, 4.69) is 5.32 Å². The molecule has 1 N–H and O–H groups in total. The number of carbonyl (C=O) groups excluding carboxylic acids is 2. The first-order chi connectivity index (χ1) is 7.54. The van der Waals surface area contributed by atoms with Crippen LogP contribution in [0.15, 0.2) is 0 Å². The highest BCUT2D eigenvalue weighted by atomic mass is 16.2. The summed E-state index contributed by atoms with van der Waals surface area (Å²) in [4.78, 5) is 25.2. The van der Waals surface area contributed by atoms with Crippen molar-refractivity contribution < 1.29 is 9.59 Å². The Bertz CT molecular complexity index is 286. The van der Waals surface area contributed by atoms with Crippen LogP contribution in [0.2, 0.25) is 0 Å². The molecule has 1 heterocycles. The van der Waals surface area contributed by atoms with Crippen molar-refractivity contribution in [3.63, 3.8) is 0 Å². The van der Waals surface area contributed by atoms with Crippen LogP contribution in [0.1, 0.15) is 52.4 Å². The van der Waals surface area contributed by atoms with E-state index >= 15 is 0 Å². The van der Waals surface area contributed by atoms with Gasteiger partial charge >= 0.3 is 6.03 Å². The monoisotopic (exact) mass is 224 g/mol. The molecule has 0 radical (unpaired) electrons. The summed E-state index contributed by atoms with van der Waals surface area (Å²) in [5.74, 6) is -0.0133. The predicted octanol–water partition coefficient (Wildman–Crippen LogP) is 2.04. The van der Waals surface area contributed by atoms with Gasteiger partial charge in [-0.25, -0.2) is 4.79 Å². The molecule has 1 saturated carbocycles. The third kappa shape index (κ3) is 1.93. The smallest absolute Gasteiger partial charge is 0.324 e. The summed E-state index contributed by atoms with van der Waals surface area (Å²) < 4.78 is 0. The van der Waals surface area contributed by atoms with Gasteiger partial charge in [0.2, 0.25) is 5.91 Å². The van der Waals surface area contributed by atoms with Crippen molar-refractivity contribution in [2.45, 2.75) is 64.0 Å². The molecule has 1 aliphatic carbocycles. The summed E-state index contributed by atoms with van der Waals surface area (Å²) in [7, 11) is 0. The molecule has 0 bridgehead atoms. The van der Waals surface area contributed by atoms with Crippen molar-refractivity contribution in [2.75, 3.05) is 0 Å². The number of nitrogens with one attached hydrogen (secondary N) is 1. The zero-order valence-electron chi connectivity index (χ0n) is 10.1. The molecule has 16 heavy (non-hydrogen) atoms. The van der Waals surface area contributed by atoms with Gasteiger partial charge in [-0.05, 0) is 26.7 Å². The molecule has 2 aliphatic rings. The molecule has 90 valence electrons. The van der Waals surface area contributed by atoms with Gasteiger partial charge in [-0.15, -0.1) is 0 Å². The first kappa shape index (κ1) is 11.4. The number of hydrogen-bond acceptors (Lipinski definition) is 2. The van der Waals surface area contributed by atoms with Crippen LogP contribution in [-0.2, 0) is 4.79 Å². The number of carbonyl (C=O) groups is 2. The van der Waals surface area contributed by atoms with E-state index < -0.39 is 0 Å². The van der Waals surface area contributed by atoms with Crippen LogP contribution < -0.4 is 5.32 Å². The average molecular weight is 224 g/mol. The molecule has 1 aliphatic heterocycles. The second-order valence-corrected chi connectivity index (χ2v) is 5.31. The minimum atomic E-state index is -0.224. The van der Waals surface area contributed by atoms with E-state index in [9.17, 15) is 9.59 Å². The summed E-state index contributed by atoms with van der Waals surface area (Å²) in [5, 5.41) is 3.06. The van der Waals surface area contributed by atoms with E-state index in [0.717, 1.165) is 25.7 Å². The van der Waals surface area contributed by atoms with Gasteiger partial charge in [0.1, 0.15) is 0 Å². The third-order valence-electron chi connectivity index (χ3n) is 3.68. The largest absolute Gasteiger partial charge is 0.332 e. The number of hydrogen-bond donors (Lipinski definition) is 1. The Hall–Kier alpha value is -1.06. The van der Waals surface area contributed by atoms with Gasteiger partial charge in [0.15, 0.2) is 0 Å². The van der Waals surface area contributed by atoms with Gasteiger partial charge in [-0.1, -0.05) is 19.3 Å². The van der Waals surface area contributed by atoms with Gasteiger partial charge in [0, 0.05) is 6.04 Å². The third-order valence-corrected chi connectivity index (χ3v) is 3.68. The Labute approximate surface area is 96.4 Å². The lowest BCUT2D eigenvalue weighted by Gasteiger charge is -2.44. The van der Waals surface area contributed by atoms with E-state index in [1.54, 1.807) is 0 Å². The maximum absolute atomic E-state index is 12.0. The number of urea groups is 1. The lowest BCUT2D eigenvalue weighted by atomic mass is 9.78. The van der Waals surface area contributed by atoms with Crippen LogP contribution >= 0.6 is 0 Å². The SMILES string of the molecule is CC(C)N1C(=O)CC2(CCCCC2)NC1=O. The van der Waals surface area contributed by atoms with Crippen LogP contribution in [0.3, 0.4) is 0 Å². The highest BCUT2D eigenvalue weighted by molar-refractivity contribution is 5.98. The molecular weight excluding hydrogens is 204 g/mol. The van der Waals surface area contributed by atoms with Gasteiger partial charge in [-0.2, -0.15) is 0 Å². The molecule has 0 atom stereocenters. The van der Waals surface area contributed by atoms with Gasteiger partial charge in [0.05, 0.1) is 12.0 Å². The normalized spacial score (nSPS) is 25.1. The van der Waals surface area contributed by atoms with Crippen molar-refractivity contribution in [1.29, 1.82) is 0 Å². The van der Waals surface area contributed by atoms with Crippen LogP contribution in [0.25, 0.3) is 0 Å². The second kappa shape index (κ2) is 4.07. The molecule has 0 aromatic heterocycles. The van der Waals surface area contributed by atoms with Crippen molar-refractivity contribution in [1.82, 2.24) is 10.2 Å². The molecule has 4 heteroatoms. The zero-order valence-corrected chi connectivity index (χ0v) is 10.1. The zero-order chi connectivity index (χ0) is 11.8. The number of rotatable bonds is 1.